The molecule has 0 bridgehead atoms. The molecule has 0 amide bonds. The normalized spacial score (nSPS) is 10.6. The molecular weight excluding hydrogens is 273 g/mol. The summed E-state index contributed by atoms with van der Waals surface area (Å²) < 4.78 is 23.6. The highest BCUT2D eigenvalue weighted by atomic mass is 19.1. The lowest BCUT2D eigenvalue weighted by molar-refractivity contribution is 0.417. The van der Waals surface area contributed by atoms with Gasteiger partial charge in [-0.2, -0.15) is 0 Å². The first-order valence-corrected chi connectivity index (χ1v) is 6.19. The van der Waals surface area contributed by atoms with Crippen molar-refractivity contribution in [3.05, 3.63) is 48.6 Å². The maximum atomic E-state index is 12.9. The van der Waals surface area contributed by atoms with Gasteiger partial charge in [-0.25, -0.2) is 14.4 Å². The zero-order valence-corrected chi connectivity index (χ0v) is 11.2. The number of ether oxygens (including phenoxy) is 1. The number of halogens is 1. The zero-order chi connectivity index (χ0) is 14.8. The van der Waals surface area contributed by atoms with Crippen LogP contribution in [0.15, 0.2) is 47.2 Å². The molecule has 3 rings (SSSR count). The molecule has 0 aliphatic carbocycles. The second-order valence-electron chi connectivity index (χ2n) is 4.32. The van der Waals surface area contributed by atoms with Crippen molar-refractivity contribution in [2.24, 2.45) is 0 Å². The number of anilines is 1. The predicted molar refractivity (Wildman–Crippen MR) is 76.1 cm³/mol. The van der Waals surface area contributed by atoms with Crippen molar-refractivity contribution < 1.29 is 13.5 Å². The number of nitrogens with two attached hydrogens (primary N) is 1. The molecule has 5 nitrogen and oxygen atoms in total. The van der Waals surface area contributed by atoms with Gasteiger partial charge in [-0.1, -0.05) is 0 Å². The number of aromatic nitrogens is 2. The van der Waals surface area contributed by atoms with Crippen LogP contribution >= 0.6 is 0 Å². The second kappa shape index (κ2) is 5.24. The minimum atomic E-state index is -0.311. The molecule has 6 heteroatoms. The summed E-state index contributed by atoms with van der Waals surface area (Å²) in [6.07, 6.45) is 3.06. The van der Waals surface area contributed by atoms with Crippen LogP contribution in [0.2, 0.25) is 0 Å². The summed E-state index contributed by atoms with van der Waals surface area (Å²) >= 11 is 0. The number of pyridine rings is 1. The van der Waals surface area contributed by atoms with E-state index < -0.39 is 0 Å². The first kappa shape index (κ1) is 13.1. The highest BCUT2D eigenvalue weighted by Gasteiger charge is 2.15. The van der Waals surface area contributed by atoms with Gasteiger partial charge in [0.1, 0.15) is 17.8 Å². The van der Waals surface area contributed by atoms with Gasteiger partial charge in [-0.05, 0) is 30.3 Å². The van der Waals surface area contributed by atoms with Crippen molar-refractivity contribution in [2.75, 3.05) is 12.8 Å². The molecule has 3 aromatic rings. The number of hydrogen-bond donors (Lipinski definition) is 1. The Balaban J connectivity index is 2.03. The van der Waals surface area contributed by atoms with Crippen LogP contribution in [0.1, 0.15) is 0 Å². The van der Waals surface area contributed by atoms with Crippen LogP contribution in [0.3, 0.4) is 0 Å². The first-order valence-electron chi connectivity index (χ1n) is 6.19. The van der Waals surface area contributed by atoms with Gasteiger partial charge >= 0.3 is 0 Å². The lowest BCUT2D eigenvalue weighted by atomic mass is 10.2. The smallest absolute Gasteiger partial charge is 0.226 e. The molecule has 0 saturated carbocycles. The van der Waals surface area contributed by atoms with Gasteiger partial charge in [0.15, 0.2) is 11.6 Å². The molecule has 0 unspecified atom stereocenters. The number of oxazole rings is 1. The Bertz CT molecular complexity index is 769. The molecule has 0 fully saturated rings. The minimum Gasteiger partial charge on any atom is -0.492 e. The molecule has 0 aliphatic rings. The number of rotatable bonds is 3. The van der Waals surface area contributed by atoms with E-state index in [0.29, 0.717) is 28.5 Å². The van der Waals surface area contributed by atoms with Crippen LogP contribution in [-0.2, 0) is 0 Å². The third-order valence-corrected chi connectivity index (χ3v) is 3.01. The van der Waals surface area contributed by atoms with E-state index in [4.69, 9.17) is 14.9 Å². The summed E-state index contributed by atoms with van der Waals surface area (Å²) in [5.41, 5.74) is 7.70. The average Bonchev–Trinajstić information content (AvgIpc) is 2.97. The van der Waals surface area contributed by atoms with Crippen LogP contribution < -0.4 is 10.5 Å². The molecule has 1 aromatic carbocycles. The first-order chi connectivity index (χ1) is 10.2. The standard InChI is InChI=1S/C15H12FN3O2/c1-20-13-11(6-7-18-14(13)17)12-8-21-15(19-12)9-2-4-10(16)5-3-9/h2-8H,1H3,(H2,17,18). The molecule has 2 heterocycles. The van der Waals surface area contributed by atoms with Crippen LogP contribution in [0.5, 0.6) is 5.75 Å². The van der Waals surface area contributed by atoms with E-state index in [1.165, 1.54) is 25.5 Å². The Morgan fingerprint density at radius 2 is 1.95 bits per heavy atom. The van der Waals surface area contributed by atoms with E-state index in [1.54, 1.807) is 24.4 Å². The monoisotopic (exact) mass is 285 g/mol. The molecular formula is C15H12FN3O2. The van der Waals surface area contributed by atoms with E-state index in [-0.39, 0.29) is 11.6 Å². The quantitative estimate of drug-likeness (QED) is 0.800. The van der Waals surface area contributed by atoms with Crippen molar-refractivity contribution in [3.8, 4) is 28.5 Å². The van der Waals surface area contributed by atoms with Gasteiger partial charge in [0, 0.05) is 11.8 Å². The summed E-state index contributed by atoms with van der Waals surface area (Å²) in [5, 5.41) is 0. The van der Waals surface area contributed by atoms with Crippen molar-refractivity contribution >= 4 is 5.82 Å². The highest BCUT2D eigenvalue weighted by Crippen LogP contribution is 2.34. The zero-order valence-electron chi connectivity index (χ0n) is 11.2. The van der Waals surface area contributed by atoms with Crippen molar-refractivity contribution in [2.45, 2.75) is 0 Å². The van der Waals surface area contributed by atoms with Crippen LogP contribution in [0.4, 0.5) is 10.2 Å². The lowest BCUT2D eigenvalue weighted by Crippen LogP contribution is -1.97. The van der Waals surface area contributed by atoms with E-state index in [1.807, 2.05) is 0 Å². The number of hydrogen-bond acceptors (Lipinski definition) is 5. The van der Waals surface area contributed by atoms with Gasteiger partial charge in [0.05, 0.1) is 12.7 Å². The summed E-state index contributed by atoms with van der Waals surface area (Å²) in [4.78, 5) is 8.34. The Kier molecular flexibility index (Phi) is 3.27. The summed E-state index contributed by atoms with van der Waals surface area (Å²) in [7, 11) is 1.51. The fourth-order valence-corrected chi connectivity index (χ4v) is 2.00. The second-order valence-corrected chi connectivity index (χ2v) is 4.32. The van der Waals surface area contributed by atoms with E-state index in [0.717, 1.165) is 0 Å². The van der Waals surface area contributed by atoms with Gasteiger partial charge < -0.3 is 14.9 Å². The number of nitrogens with zero attached hydrogens (tertiary/aromatic N) is 2. The van der Waals surface area contributed by atoms with Crippen molar-refractivity contribution in [3.63, 3.8) is 0 Å². The van der Waals surface area contributed by atoms with Gasteiger partial charge in [0.2, 0.25) is 5.89 Å². The molecule has 21 heavy (non-hydrogen) atoms. The Morgan fingerprint density at radius 3 is 2.67 bits per heavy atom. The average molecular weight is 285 g/mol. The fraction of sp³-hybridized carbons (Fsp3) is 0.0667. The number of methoxy groups -OCH3 is 1. The third-order valence-electron chi connectivity index (χ3n) is 3.01. The number of nitrogen functional groups attached to an aromatic ring is 1. The van der Waals surface area contributed by atoms with Crippen LogP contribution in [0, 0.1) is 5.82 Å². The summed E-state index contributed by atoms with van der Waals surface area (Å²) in [5.74, 6) is 0.800. The van der Waals surface area contributed by atoms with Gasteiger partial charge in [0.25, 0.3) is 0 Å². The molecule has 2 aromatic heterocycles. The molecule has 0 spiro atoms. The topological polar surface area (TPSA) is 74.2 Å². The fourth-order valence-electron chi connectivity index (χ4n) is 2.00. The van der Waals surface area contributed by atoms with Crippen molar-refractivity contribution in [1.29, 1.82) is 0 Å². The maximum Gasteiger partial charge on any atom is 0.226 e. The SMILES string of the molecule is COc1c(-c2coc(-c3ccc(F)cc3)n2)ccnc1N. The van der Waals surface area contributed by atoms with Gasteiger partial charge in [-0.3, -0.25) is 0 Å². The maximum absolute atomic E-state index is 12.9. The van der Waals surface area contributed by atoms with Crippen LogP contribution in [-0.4, -0.2) is 17.1 Å². The molecule has 0 saturated heterocycles. The lowest BCUT2D eigenvalue weighted by Gasteiger charge is -2.07. The Hall–Kier alpha value is -2.89. The largest absolute Gasteiger partial charge is 0.492 e. The van der Waals surface area contributed by atoms with Crippen molar-refractivity contribution in [1.82, 2.24) is 9.97 Å². The van der Waals surface area contributed by atoms with Gasteiger partial charge in [-0.15, -0.1) is 0 Å². The Labute approximate surface area is 120 Å². The van der Waals surface area contributed by atoms with Crippen LogP contribution in [0.25, 0.3) is 22.7 Å². The third kappa shape index (κ3) is 2.43. The van der Waals surface area contributed by atoms with E-state index in [2.05, 4.69) is 9.97 Å². The number of benzene rings is 1. The molecule has 2 N–H and O–H groups in total. The highest BCUT2D eigenvalue weighted by molar-refractivity contribution is 5.73. The summed E-state index contributed by atoms with van der Waals surface area (Å²) in [6, 6.07) is 7.64. The summed E-state index contributed by atoms with van der Waals surface area (Å²) in [6.45, 7) is 0. The Morgan fingerprint density at radius 1 is 1.19 bits per heavy atom. The molecule has 0 radical (unpaired) electrons. The minimum absolute atomic E-state index is 0.279. The molecule has 0 aliphatic heterocycles. The van der Waals surface area contributed by atoms with E-state index >= 15 is 0 Å². The van der Waals surface area contributed by atoms with E-state index in [9.17, 15) is 4.39 Å². The predicted octanol–water partition coefficient (Wildman–Crippen LogP) is 3.13. The molecule has 106 valence electrons. The molecule has 0 atom stereocenters.